The summed E-state index contributed by atoms with van der Waals surface area (Å²) >= 11 is 0. The minimum atomic E-state index is -3.23. The molecule has 1 atom stereocenters. The van der Waals surface area contributed by atoms with Crippen molar-refractivity contribution in [1.82, 2.24) is 5.32 Å². The summed E-state index contributed by atoms with van der Waals surface area (Å²) in [6.07, 6.45) is 1.86. The van der Waals surface area contributed by atoms with Crippen LogP contribution in [0.25, 0.3) is 0 Å². The molecule has 6 heteroatoms. The van der Waals surface area contributed by atoms with Crippen molar-refractivity contribution in [3.8, 4) is 5.75 Å². The number of nitrogens with one attached hydrogen (secondary N) is 1. The fraction of sp³-hybridized carbons (Fsp3) is 0.381. The molecule has 0 unspecified atom stereocenters. The van der Waals surface area contributed by atoms with Gasteiger partial charge in [0.05, 0.1) is 10.9 Å². The first kappa shape index (κ1) is 21.0. The normalized spacial score (nSPS) is 12.6. The topological polar surface area (TPSA) is 72.5 Å². The summed E-state index contributed by atoms with van der Waals surface area (Å²) in [6, 6.07) is 14.1. The van der Waals surface area contributed by atoms with Gasteiger partial charge in [-0.1, -0.05) is 51.1 Å². The van der Waals surface area contributed by atoms with Gasteiger partial charge in [0.25, 0.3) is 5.91 Å². The molecule has 0 aliphatic heterocycles. The van der Waals surface area contributed by atoms with E-state index in [-0.39, 0.29) is 23.5 Å². The zero-order valence-corrected chi connectivity index (χ0v) is 17.0. The smallest absolute Gasteiger partial charge is 0.258 e. The molecule has 2 aromatic carbocycles. The molecule has 0 heterocycles. The second-order valence-electron chi connectivity index (χ2n) is 6.85. The first-order chi connectivity index (χ1) is 12.7. The monoisotopic (exact) mass is 389 g/mol. The summed E-state index contributed by atoms with van der Waals surface area (Å²) in [5, 5.41) is 2.95. The summed E-state index contributed by atoms with van der Waals surface area (Å²) < 4.78 is 28.9. The highest BCUT2D eigenvalue weighted by molar-refractivity contribution is 7.90. The van der Waals surface area contributed by atoms with Gasteiger partial charge in [-0.3, -0.25) is 4.79 Å². The first-order valence-electron chi connectivity index (χ1n) is 9.03. The van der Waals surface area contributed by atoms with Crippen LogP contribution in [-0.4, -0.2) is 27.2 Å². The summed E-state index contributed by atoms with van der Waals surface area (Å²) in [5.41, 5.74) is 1.93. The van der Waals surface area contributed by atoms with Gasteiger partial charge in [-0.25, -0.2) is 8.42 Å². The summed E-state index contributed by atoms with van der Waals surface area (Å²) in [5.74, 6) is 0.807. The van der Waals surface area contributed by atoms with Crippen molar-refractivity contribution in [2.24, 2.45) is 0 Å². The second kappa shape index (κ2) is 9.04. The van der Waals surface area contributed by atoms with E-state index in [0.29, 0.717) is 18.1 Å². The predicted molar refractivity (Wildman–Crippen MR) is 107 cm³/mol. The molecule has 0 radical (unpaired) electrons. The lowest BCUT2D eigenvalue weighted by molar-refractivity contribution is -0.123. The van der Waals surface area contributed by atoms with E-state index in [1.54, 1.807) is 24.3 Å². The van der Waals surface area contributed by atoms with E-state index in [2.05, 4.69) is 19.2 Å². The average Bonchev–Trinajstić information content (AvgIpc) is 2.64. The standard InChI is InChI=1S/C21H27NO4S/c1-5-19(16-10-12-17(13-11-16)27(4,24)25)22-21(23)14-26-20-9-7-6-8-18(20)15(2)3/h6-13,15,19H,5,14H2,1-4H3,(H,22,23)/t19-/m0/s1. The van der Waals surface area contributed by atoms with Crippen LogP contribution >= 0.6 is 0 Å². The summed E-state index contributed by atoms with van der Waals surface area (Å²) in [7, 11) is -3.23. The zero-order valence-electron chi connectivity index (χ0n) is 16.2. The van der Waals surface area contributed by atoms with Gasteiger partial charge in [0.2, 0.25) is 0 Å². The Morgan fingerprint density at radius 2 is 1.70 bits per heavy atom. The highest BCUT2D eigenvalue weighted by atomic mass is 32.2. The number of carbonyl (C=O) groups is 1. The number of carbonyl (C=O) groups excluding carboxylic acids is 1. The van der Waals surface area contributed by atoms with Crippen molar-refractivity contribution < 1.29 is 17.9 Å². The third-order valence-corrected chi connectivity index (χ3v) is 5.48. The highest BCUT2D eigenvalue weighted by Crippen LogP contribution is 2.26. The summed E-state index contributed by atoms with van der Waals surface area (Å²) in [6.45, 7) is 6.05. The lowest BCUT2D eigenvalue weighted by atomic mass is 10.0. The molecule has 5 nitrogen and oxygen atoms in total. The van der Waals surface area contributed by atoms with Crippen molar-refractivity contribution in [2.45, 2.75) is 44.0 Å². The molecule has 0 aliphatic rings. The number of para-hydroxylation sites is 1. The number of benzene rings is 2. The molecule has 0 aliphatic carbocycles. The van der Waals surface area contributed by atoms with Crippen LogP contribution in [0.1, 0.15) is 50.3 Å². The van der Waals surface area contributed by atoms with Gasteiger partial charge >= 0.3 is 0 Å². The second-order valence-corrected chi connectivity index (χ2v) is 8.87. The molecule has 2 rings (SSSR count). The zero-order chi connectivity index (χ0) is 20.0. The number of amides is 1. The molecule has 0 spiro atoms. The number of ether oxygens (including phenoxy) is 1. The molecule has 0 fully saturated rings. The number of hydrogen-bond acceptors (Lipinski definition) is 4. The van der Waals surface area contributed by atoms with Crippen LogP contribution in [0, 0.1) is 0 Å². The van der Waals surface area contributed by atoms with Crippen molar-refractivity contribution in [1.29, 1.82) is 0 Å². The molecule has 0 saturated heterocycles. The molecule has 0 bridgehead atoms. The van der Waals surface area contributed by atoms with Crippen molar-refractivity contribution in [3.63, 3.8) is 0 Å². The van der Waals surface area contributed by atoms with E-state index in [9.17, 15) is 13.2 Å². The van der Waals surface area contributed by atoms with Gasteiger partial charge in [-0.2, -0.15) is 0 Å². The Morgan fingerprint density at radius 1 is 1.07 bits per heavy atom. The Kier molecular flexibility index (Phi) is 7.02. The number of hydrogen-bond donors (Lipinski definition) is 1. The van der Waals surface area contributed by atoms with E-state index in [4.69, 9.17) is 4.74 Å². The Bertz CT molecular complexity index is 873. The molecule has 0 aromatic heterocycles. The molecule has 27 heavy (non-hydrogen) atoms. The van der Waals surface area contributed by atoms with Gasteiger partial charge in [0, 0.05) is 6.26 Å². The van der Waals surface area contributed by atoms with Gasteiger partial charge in [0.15, 0.2) is 16.4 Å². The molecule has 146 valence electrons. The first-order valence-corrected chi connectivity index (χ1v) is 10.9. The quantitative estimate of drug-likeness (QED) is 0.744. The summed E-state index contributed by atoms with van der Waals surface area (Å²) in [4.78, 5) is 12.6. The van der Waals surface area contributed by atoms with Crippen LogP contribution in [0.15, 0.2) is 53.4 Å². The van der Waals surface area contributed by atoms with Crippen molar-refractivity contribution >= 4 is 15.7 Å². The van der Waals surface area contributed by atoms with Crippen LogP contribution in [0.4, 0.5) is 0 Å². The fourth-order valence-corrected chi connectivity index (χ4v) is 3.47. The molecule has 0 saturated carbocycles. The van der Waals surface area contributed by atoms with E-state index < -0.39 is 9.84 Å². The van der Waals surface area contributed by atoms with Crippen molar-refractivity contribution in [3.05, 3.63) is 59.7 Å². The molecular formula is C21H27NO4S. The Hall–Kier alpha value is -2.34. The van der Waals surface area contributed by atoms with E-state index >= 15 is 0 Å². The molecule has 1 N–H and O–H groups in total. The third kappa shape index (κ3) is 5.82. The maximum atomic E-state index is 12.3. The van der Waals surface area contributed by atoms with E-state index in [1.807, 2.05) is 31.2 Å². The highest BCUT2D eigenvalue weighted by Gasteiger charge is 2.15. The van der Waals surface area contributed by atoms with E-state index in [0.717, 1.165) is 11.1 Å². The minimum Gasteiger partial charge on any atom is -0.483 e. The lowest BCUT2D eigenvalue weighted by Gasteiger charge is -2.19. The molecule has 1 amide bonds. The van der Waals surface area contributed by atoms with Gasteiger partial charge in [-0.05, 0) is 41.7 Å². The van der Waals surface area contributed by atoms with Gasteiger partial charge < -0.3 is 10.1 Å². The molecular weight excluding hydrogens is 362 g/mol. The van der Waals surface area contributed by atoms with E-state index in [1.165, 1.54) is 6.26 Å². The van der Waals surface area contributed by atoms with Crippen LogP contribution < -0.4 is 10.1 Å². The molecule has 2 aromatic rings. The Morgan fingerprint density at radius 3 is 2.26 bits per heavy atom. The minimum absolute atomic E-state index is 0.0678. The van der Waals surface area contributed by atoms with Crippen LogP contribution in [0.5, 0.6) is 5.75 Å². The largest absolute Gasteiger partial charge is 0.483 e. The van der Waals surface area contributed by atoms with Crippen LogP contribution in [-0.2, 0) is 14.6 Å². The third-order valence-electron chi connectivity index (χ3n) is 4.35. The maximum Gasteiger partial charge on any atom is 0.258 e. The maximum absolute atomic E-state index is 12.3. The van der Waals surface area contributed by atoms with Gasteiger partial charge in [-0.15, -0.1) is 0 Å². The number of rotatable bonds is 8. The predicted octanol–water partition coefficient (Wildman–Crippen LogP) is 3.86. The Labute approximate surface area is 161 Å². The average molecular weight is 390 g/mol. The Balaban J connectivity index is 2.01. The van der Waals surface area contributed by atoms with Gasteiger partial charge in [0.1, 0.15) is 5.75 Å². The number of sulfone groups is 1. The fourth-order valence-electron chi connectivity index (χ4n) is 2.84. The van der Waals surface area contributed by atoms with Crippen molar-refractivity contribution in [2.75, 3.05) is 12.9 Å². The lowest BCUT2D eigenvalue weighted by Crippen LogP contribution is -2.32. The van der Waals surface area contributed by atoms with Crippen LogP contribution in [0.2, 0.25) is 0 Å². The SMILES string of the molecule is CC[C@H](NC(=O)COc1ccccc1C(C)C)c1ccc(S(C)(=O)=O)cc1. The van der Waals surface area contributed by atoms with Crippen LogP contribution in [0.3, 0.4) is 0 Å².